The summed E-state index contributed by atoms with van der Waals surface area (Å²) in [7, 11) is 5.39. The Bertz CT molecular complexity index is 295. The molecule has 0 aromatic carbocycles. The zero-order chi connectivity index (χ0) is 13.9. The summed E-state index contributed by atoms with van der Waals surface area (Å²) in [6, 6.07) is 0. The molecule has 2 atom stereocenters. The lowest BCUT2D eigenvalue weighted by molar-refractivity contribution is -0.875. The lowest BCUT2D eigenvalue weighted by atomic mass is 9.85. The van der Waals surface area contributed by atoms with Gasteiger partial charge < -0.3 is 19.5 Å². The van der Waals surface area contributed by atoms with Gasteiger partial charge in [0, 0.05) is 18.3 Å². The van der Waals surface area contributed by atoms with E-state index in [2.05, 4.69) is 0 Å². The molecule has 0 saturated heterocycles. The molecular weight excluding hydrogens is 222 g/mol. The third-order valence-electron chi connectivity index (χ3n) is 2.69. The number of quaternary nitrogens is 1. The third-order valence-corrected chi connectivity index (χ3v) is 2.69. The number of carboxylic acid groups (broad SMARTS) is 1. The number of carbonyl (C=O) groups is 2. The Labute approximate surface area is 103 Å². The van der Waals surface area contributed by atoms with E-state index in [1.165, 1.54) is 0 Å². The predicted molar refractivity (Wildman–Crippen MR) is 61.9 cm³/mol. The van der Waals surface area contributed by atoms with Gasteiger partial charge in [-0.1, -0.05) is 13.8 Å². The Hall–Kier alpha value is -0.940. The van der Waals surface area contributed by atoms with E-state index in [0.29, 0.717) is 10.9 Å². The molecule has 0 fully saturated rings. The molecular formula is C12H23NO4. The molecule has 5 heteroatoms. The number of carbonyl (C=O) groups excluding carboxylic acids is 2. The molecule has 17 heavy (non-hydrogen) atoms. The topological polar surface area (TPSA) is 77.4 Å². The average Bonchev–Trinajstić information content (AvgIpc) is 2.10. The van der Waals surface area contributed by atoms with Crippen LogP contribution in [0.5, 0.6) is 0 Å². The Balaban J connectivity index is 5.09. The highest BCUT2D eigenvalue weighted by atomic mass is 16.4. The van der Waals surface area contributed by atoms with Gasteiger partial charge in [0.05, 0.1) is 21.1 Å². The molecule has 5 nitrogen and oxygen atoms in total. The lowest BCUT2D eigenvalue weighted by Crippen LogP contribution is -2.57. The first-order chi connectivity index (χ1) is 7.52. The fraction of sp³-hybridized carbons (Fsp3) is 0.833. The molecule has 0 aromatic rings. The lowest BCUT2D eigenvalue weighted by Gasteiger charge is -2.36. The van der Waals surface area contributed by atoms with Crippen molar-refractivity contribution >= 4 is 11.8 Å². The van der Waals surface area contributed by atoms with Gasteiger partial charge in [0.2, 0.25) is 0 Å². The summed E-state index contributed by atoms with van der Waals surface area (Å²) in [4.78, 5) is 22.7. The van der Waals surface area contributed by atoms with Crippen LogP contribution in [0.3, 0.4) is 0 Å². The maximum atomic E-state index is 12.1. The fourth-order valence-electron chi connectivity index (χ4n) is 1.89. The molecule has 100 valence electrons. The molecule has 0 aliphatic rings. The van der Waals surface area contributed by atoms with E-state index < -0.39 is 23.8 Å². The minimum absolute atomic E-state index is 0.0597. The fourth-order valence-corrected chi connectivity index (χ4v) is 1.89. The minimum atomic E-state index is -1.84. The van der Waals surface area contributed by atoms with Crippen LogP contribution in [0.25, 0.3) is 0 Å². The number of rotatable bonds is 7. The van der Waals surface area contributed by atoms with Crippen LogP contribution in [0.15, 0.2) is 0 Å². The van der Waals surface area contributed by atoms with Crippen molar-refractivity contribution in [1.29, 1.82) is 0 Å². The summed E-state index contributed by atoms with van der Waals surface area (Å²) in [6.07, 6.45) is -0.0724. The van der Waals surface area contributed by atoms with Gasteiger partial charge in [-0.3, -0.25) is 4.79 Å². The minimum Gasteiger partial charge on any atom is -0.550 e. The number of Topliss-reactive ketones (excluding diaryl/α,β-unsaturated/α-hetero) is 1. The normalized spacial score (nSPS) is 17.3. The largest absolute Gasteiger partial charge is 0.550 e. The van der Waals surface area contributed by atoms with Crippen LogP contribution in [0.2, 0.25) is 0 Å². The first-order valence-corrected chi connectivity index (χ1v) is 5.79. The number of nitrogens with zero attached hydrogens (tertiary/aromatic N) is 1. The number of likely N-dealkylation sites (N-methyl/N-ethyl adjacent to an activating group) is 1. The zero-order valence-electron chi connectivity index (χ0n) is 11.3. The van der Waals surface area contributed by atoms with Crippen molar-refractivity contribution in [3.05, 3.63) is 0 Å². The van der Waals surface area contributed by atoms with Crippen LogP contribution >= 0.6 is 0 Å². The van der Waals surface area contributed by atoms with Gasteiger partial charge in [0.1, 0.15) is 6.54 Å². The van der Waals surface area contributed by atoms with Gasteiger partial charge in [-0.15, -0.1) is 0 Å². The number of ketones is 1. The zero-order valence-corrected chi connectivity index (χ0v) is 11.3. The van der Waals surface area contributed by atoms with Crippen molar-refractivity contribution in [1.82, 2.24) is 0 Å². The predicted octanol–water partition coefficient (Wildman–Crippen LogP) is -0.821. The van der Waals surface area contributed by atoms with Crippen molar-refractivity contribution in [3.63, 3.8) is 0 Å². The highest BCUT2D eigenvalue weighted by Crippen LogP contribution is 2.21. The first-order valence-electron chi connectivity index (χ1n) is 5.79. The molecule has 1 unspecified atom stereocenters. The van der Waals surface area contributed by atoms with Crippen LogP contribution in [-0.4, -0.2) is 54.6 Å². The molecule has 0 rings (SSSR count). The molecule has 0 aromatic heterocycles. The Morgan fingerprint density at radius 1 is 1.35 bits per heavy atom. The third kappa shape index (κ3) is 5.28. The number of hydrogen-bond acceptors (Lipinski definition) is 4. The van der Waals surface area contributed by atoms with E-state index in [1.807, 2.05) is 6.92 Å². The van der Waals surface area contributed by atoms with Crippen molar-refractivity contribution in [3.8, 4) is 0 Å². The molecule has 1 N–H and O–H groups in total. The molecule has 0 bridgehead atoms. The van der Waals surface area contributed by atoms with Gasteiger partial charge in [-0.25, -0.2) is 0 Å². The van der Waals surface area contributed by atoms with Gasteiger partial charge in [0.15, 0.2) is 11.4 Å². The number of carboxylic acids is 1. The average molecular weight is 245 g/mol. The number of hydrogen-bond donors (Lipinski definition) is 1. The molecule has 0 amide bonds. The molecule has 0 aliphatic heterocycles. The standard InChI is InChI=1S/C12H23NO4/c1-6-9(2)11(16)12(17,7-10(14)15)8-13(3,4)5/h9,17H,6-8H2,1-5H3/t9?,12-/m0/s1. The van der Waals surface area contributed by atoms with Crippen LogP contribution < -0.4 is 5.11 Å². The summed E-state index contributed by atoms with van der Waals surface area (Å²) in [5, 5.41) is 21.0. The Kier molecular flexibility index (Phi) is 5.29. The molecule has 0 aliphatic carbocycles. The van der Waals surface area contributed by atoms with Crippen molar-refractivity contribution < 1.29 is 24.3 Å². The van der Waals surface area contributed by atoms with Crippen LogP contribution in [0, 0.1) is 5.92 Å². The van der Waals surface area contributed by atoms with Gasteiger partial charge >= 0.3 is 0 Å². The van der Waals surface area contributed by atoms with E-state index in [1.54, 1.807) is 28.1 Å². The van der Waals surface area contributed by atoms with E-state index in [4.69, 9.17) is 0 Å². The summed E-state index contributed by atoms with van der Waals surface area (Å²) in [5.74, 6) is -2.18. The van der Waals surface area contributed by atoms with Crippen molar-refractivity contribution in [2.75, 3.05) is 27.7 Å². The maximum absolute atomic E-state index is 12.1. The van der Waals surface area contributed by atoms with E-state index in [0.717, 1.165) is 0 Å². The van der Waals surface area contributed by atoms with Gasteiger partial charge in [-0.2, -0.15) is 0 Å². The smallest absolute Gasteiger partial charge is 0.177 e. The maximum Gasteiger partial charge on any atom is 0.177 e. The van der Waals surface area contributed by atoms with E-state index in [-0.39, 0.29) is 12.5 Å². The number of aliphatic carboxylic acids is 1. The number of aliphatic hydroxyl groups is 1. The first kappa shape index (κ1) is 16.1. The van der Waals surface area contributed by atoms with Gasteiger partial charge in [-0.05, 0) is 6.42 Å². The molecule has 0 radical (unpaired) electrons. The highest BCUT2D eigenvalue weighted by Gasteiger charge is 2.42. The summed E-state index contributed by atoms with van der Waals surface area (Å²) < 4.78 is 0.311. The monoisotopic (exact) mass is 245 g/mol. The molecule has 0 heterocycles. The summed E-state index contributed by atoms with van der Waals surface area (Å²) >= 11 is 0. The molecule has 0 saturated carbocycles. The second kappa shape index (κ2) is 5.60. The second-order valence-corrected chi connectivity index (χ2v) is 5.70. The Morgan fingerprint density at radius 3 is 2.12 bits per heavy atom. The highest BCUT2D eigenvalue weighted by molar-refractivity contribution is 5.92. The van der Waals surface area contributed by atoms with Crippen LogP contribution in [0.1, 0.15) is 26.7 Å². The van der Waals surface area contributed by atoms with Crippen molar-refractivity contribution in [2.24, 2.45) is 5.92 Å². The van der Waals surface area contributed by atoms with Gasteiger partial charge in [0.25, 0.3) is 0 Å². The van der Waals surface area contributed by atoms with Crippen molar-refractivity contribution in [2.45, 2.75) is 32.3 Å². The molecule has 0 spiro atoms. The van der Waals surface area contributed by atoms with E-state index in [9.17, 15) is 19.8 Å². The van der Waals surface area contributed by atoms with Crippen LogP contribution in [-0.2, 0) is 9.59 Å². The quantitative estimate of drug-likeness (QED) is 0.594. The summed E-state index contributed by atoms with van der Waals surface area (Å²) in [5.41, 5.74) is -1.84. The Morgan fingerprint density at radius 2 is 1.82 bits per heavy atom. The SMILES string of the molecule is CCC(C)C(=O)[C@](O)(CC(=O)[O-])C[N+](C)(C)C. The van der Waals surface area contributed by atoms with E-state index >= 15 is 0 Å². The van der Waals surface area contributed by atoms with Crippen LogP contribution in [0.4, 0.5) is 0 Å². The second-order valence-electron chi connectivity index (χ2n) is 5.70. The summed E-state index contributed by atoms with van der Waals surface area (Å²) in [6.45, 7) is 3.58.